The monoisotopic (exact) mass is 368 g/mol. The first-order chi connectivity index (χ1) is 12.9. The molecule has 1 atom stereocenters. The molecule has 27 heavy (non-hydrogen) atoms. The normalized spacial score (nSPS) is 19.4. The lowest BCUT2D eigenvalue weighted by atomic mass is 9.87. The van der Waals surface area contributed by atoms with Crippen LogP contribution in [-0.4, -0.2) is 22.4 Å². The minimum absolute atomic E-state index is 0.0673. The molecule has 1 aliphatic heterocycles. The van der Waals surface area contributed by atoms with Gasteiger partial charge in [0.25, 0.3) is 6.02 Å². The second-order valence-corrected chi connectivity index (χ2v) is 6.67. The van der Waals surface area contributed by atoms with Gasteiger partial charge in [0.2, 0.25) is 0 Å². The molecule has 1 aliphatic rings. The molecule has 3 aromatic rings. The molecule has 1 aromatic heterocycles. The molecule has 2 aromatic carbocycles. The Bertz CT molecular complexity index is 1010. The molecular formula is C20H18F2N4O. The average molecular weight is 368 g/mol. The first-order valence-corrected chi connectivity index (χ1v) is 8.54. The van der Waals surface area contributed by atoms with Crippen molar-refractivity contribution in [3.05, 3.63) is 72.1 Å². The van der Waals surface area contributed by atoms with E-state index in [0.29, 0.717) is 18.6 Å². The van der Waals surface area contributed by atoms with Gasteiger partial charge >= 0.3 is 0 Å². The van der Waals surface area contributed by atoms with Gasteiger partial charge in [-0.2, -0.15) is 5.10 Å². The van der Waals surface area contributed by atoms with Crippen LogP contribution < -0.4 is 5.73 Å². The molecule has 138 valence electrons. The fraction of sp³-hybridized carbons (Fsp3) is 0.200. The fourth-order valence-electron chi connectivity index (χ4n) is 3.21. The largest absolute Gasteiger partial charge is 0.465 e. The molecule has 0 unspecified atom stereocenters. The van der Waals surface area contributed by atoms with Crippen molar-refractivity contribution in [2.24, 2.45) is 10.7 Å². The lowest BCUT2D eigenvalue weighted by Crippen LogP contribution is -2.34. The Kier molecular flexibility index (Phi) is 4.14. The van der Waals surface area contributed by atoms with E-state index in [2.05, 4.69) is 10.1 Å². The molecule has 0 aliphatic carbocycles. The smallest absolute Gasteiger partial charge is 0.282 e. The third kappa shape index (κ3) is 3.28. The summed E-state index contributed by atoms with van der Waals surface area (Å²) in [5.41, 5.74) is 7.72. The number of hydrogen-bond donors (Lipinski definition) is 1. The number of amidine groups is 1. The van der Waals surface area contributed by atoms with Gasteiger partial charge in [0.15, 0.2) is 0 Å². The Morgan fingerprint density at radius 2 is 1.89 bits per heavy atom. The van der Waals surface area contributed by atoms with Gasteiger partial charge in [0, 0.05) is 23.7 Å². The molecule has 0 saturated heterocycles. The third-order valence-corrected chi connectivity index (χ3v) is 4.75. The van der Waals surface area contributed by atoms with E-state index in [4.69, 9.17) is 10.5 Å². The van der Waals surface area contributed by atoms with Crippen LogP contribution >= 0.6 is 0 Å². The highest BCUT2D eigenvalue weighted by atomic mass is 19.1. The van der Waals surface area contributed by atoms with Crippen molar-refractivity contribution in [1.82, 2.24) is 9.78 Å². The quantitative estimate of drug-likeness (QED) is 0.765. The molecule has 0 saturated carbocycles. The number of halogens is 2. The minimum atomic E-state index is -0.782. The number of nitrogens with zero attached hydrogens (tertiary/aromatic N) is 3. The number of rotatable bonds is 3. The molecule has 0 bridgehead atoms. The van der Waals surface area contributed by atoms with Crippen molar-refractivity contribution < 1.29 is 13.5 Å². The van der Waals surface area contributed by atoms with Crippen LogP contribution in [0.5, 0.6) is 0 Å². The molecule has 0 radical (unpaired) electrons. The van der Waals surface area contributed by atoms with Crippen LogP contribution in [0.1, 0.15) is 18.9 Å². The predicted octanol–water partition coefficient (Wildman–Crippen LogP) is 3.77. The number of aromatic nitrogens is 2. The van der Waals surface area contributed by atoms with Gasteiger partial charge in [0.05, 0.1) is 24.0 Å². The van der Waals surface area contributed by atoms with Crippen LogP contribution in [0.4, 0.5) is 8.78 Å². The first-order valence-electron chi connectivity index (χ1n) is 8.54. The average Bonchev–Trinajstić information content (AvgIpc) is 3.12. The summed E-state index contributed by atoms with van der Waals surface area (Å²) < 4.78 is 34.5. The van der Waals surface area contributed by atoms with Gasteiger partial charge in [-0.15, -0.1) is 0 Å². The molecule has 0 fully saturated rings. The van der Waals surface area contributed by atoms with E-state index in [0.717, 1.165) is 16.8 Å². The summed E-state index contributed by atoms with van der Waals surface area (Å²) in [7, 11) is 0. The Morgan fingerprint density at radius 1 is 1.11 bits per heavy atom. The predicted molar refractivity (Wildman–Crippen MR) is 98.5 cm³/mol. The van der Waals surface area contributed by atoms with Gasteiger partial charge < -0.3 is 10.5 Å². The second-order valence-electron chi connectivity index (χ2n) is 6.67. The lowest BCUT2D eigenvalue weighted by Gasteiger charge is -2.30. The lowest BCUT2D eigenvalue weighted by molar-refractivity contribution is 0.215. The Balaban J connectivity index is 1.72. The highest BCUT2D eigenvalue weighted by Gasteiger charge is 2.33. The van der Waals surface area contributed by atoms with Crippen molar-refractivity contribution in [2.75, 3.05) is 6.61 Å². The maximum absolute atomic E-state index is 14.5. The zero-order valence-corrected chi connectivity index (χ0v) is 14.7. The van der Waals surface area contributed by atoms with Crippen molar-refractivity contribution in [3.63, 3.8) is 0 Å². The van der Waals surface area contributed by atoms with E-state index >= 15 is 0 Å². The van der Waals surface area contributed by atoms with Crippen molar-refractivity contribution in [1.29, 1.82) is 0 Å². The highest BCUT2D eigenvalue weighted by molar-refractivity contribution is 5.73. The van der Waals surface area contributed by atoms with E-state index < -0.39 is 5.54 Å². The second kappa shape index (κ2) is 6.50. The number of ether oxygens (including phenoxy) is 1. The van der Waals surface area contributed by atoms with E-state index in [1.54, 1.807) is 35.1 Å². The number of hydrogen-bond acceptors (Lipinski definition) is 4. The molecule has 0 spiro atoms. The van der Waals surface area contributed by atoms with Crippen LogP contribution in [0, 0.1) is 11.6 Å². The van der Waals surface area contributed by atoms with Crippen LogP contribution in [0.15, 0.2) is 59.9 Å². The molecule has 5 nitrogen and oxygen atoms in total. The van der Waals surface area contributed by atoms with Crippen LogP contribution in [0.25, 0.3) is 16.8 Å². The minimum Gasteiger partial charge on any atom is -0.465 e. The summed E-state index contributed by atoms with van der Waals surface area (Å²) in [5, 5.41) is 4.32. The highest BCUT2D eigenvalue weighted by Crippen LogP contribution is 2.36. The van der Waals surface area contributed by atoms with E-state index in [1.807, 2.05) is 13.1 Å². The van der Waals surface area contributed by atoms with E-state index in [9.17, 15) is 8.78 Å². The molecule has 2 heterocycles. The van der Waals surface area contributed by atoms with Crippen molar-refractivity contribution in [2.45, 2.75) is 18.9 Å². The fourth-order valence-corrected chi connectivity index (χ4v) is 3.21. The Labute approximate surface area is 155 Å². The van der Waals surface area contributed by atoms with Gasteiger partial charge in [-0.25, -0.2) is 18.5 Å². The number of benzene rings is 2. The number of aliphatic imine (C=N–C) groups is 1. The van der Waals surface area contributed by atoms with Crippen LogP contribution in [-0.2, 0) is 10.3 Å². The van der Waals surface area contributed by atoms with E-state index in [-0.39, 0.29) is 17.7 Å². The summed E-state index contributed by atoms with van der Waals surface area (Å²) in [6.45, 7) is 2.23. The molecule has 2 N–H and O–H groups in total. The molecule has 0 amide bonds. The first kappa shape index (κ1) is 17.2. The van der Waals surface area contributed by atoms with Gasteiger partial charge in [-0.1, -0.05) is 6.07 Å². The van der Waals surface area contributed by atoms with Gasteiger partial charge in [0.1, 0.15) is 11.6 Å². The topological polar surface area (TPSA) is 65.4 Å². The third-order valence-electron chi connectivity index (χ3n) is 4.75. The van der Waals surface area contributed by atoms with Crippen molar-refractivity contribution >= 4 is 6.02 Å². The summed E-state index contributed by atoms with van der Waals surface area (Å²) >= 11 is 0. The SMILES string of the molecule is C[C@@]1(c2cc(-c3cnn(-c4ccc(F)cc4)c3)ccc2F)CCOC(N)=N1. The van der Waals surface area contributed by atoms with Crippen LogP contribution in [0.3, 0.4) is 0 Å². The maximum Gasteiger partial charge on any atom is 0.282 e. The van der Waals surface area contributed by atoms with Crippen molar-refractivity contribution in [3.8, 4) is 16.8 Å². The molecule has 4 rings (SSSR count). The standard InChI is InChI=1S/C20H18F2N4O/c1-20(8-9-27-19(23)25-20)17-10-13(2-7-18(17)22)14-11-24-26(12-14)16-5-3-15(21)4-6-16/h2-7,10-12H,8-9H2,1H3,(H2,23,25)/t20-/m0/s1. The molecule has 7 heteroatoms. The van der Waals surface area contributed by atoms with Gasteiger partial charge in [-0.3, -0.25) is 0 Å². The van der Waals surface area contributed by atoms with Crippen LogP contribution in [0.2, 0.25) is 0 Å². The summed E-state index contributed by atoms with van der Waals surface area (Å²) in [6, 6.07) is 11.0. The zero-order valence-electron chi connectivity index (χ0n) is 14.7. The summed E-state index contributed by atoms with van der Waals surface area (Å²) in [6.07, 6.45) is 4.03. The van der Waals surface area contributed by atoms with E-state index in [1.165, 1.54) is 18.2 Å². The Morgan fingerprint density at radius 3 is 2.63 bits per heavy atom. The summed E-state index contributed by atoms with van der Waals surface area (Å²) in [5.74, 6) is -0.649. The molecular weight excluding hydrogens is 350 g/mol. The Hall–Kier alpha value is -3.22. The van der Waals surface area contributed by atoms with Gasteiger partial charge in [-0.05, 0) is 48.9 Å². The maximum atomic E-state index is 14.5. The zero-order chi connectivity index (χ0) is 19.0. The summed E-state index contributed by atoms with van der Waals surface area (Å²) in [4.78, 5) is 4.32. The number of nitrogens with two attached hydrogens (primary N) is 1.